The molecule has 0 fully saturated rings. The van der Waals surface area contributed by atoms with Crippen LogP contribution in [0, 0.1) is 0 Å². The van der Waals surface area contributed by atoms with Gasteiger partial charge < -0.3 is 31.7 Å². The molecule has 0 saturated carbocycles. The van der Waals surface area contributed by atoms with Crippen molar-refractivity contribution in [1.82, 2.24) is 21.3 Å². The molecule has 8 nitrogen and oxygen atoms in total. The van der Waals surface area contributed by atoms with Gasteiger partial charge in [-0.25, -0.2) is 4.79 Å². The average Bonchev–Trinajstić information content (AvgIpc) is 2.99. The second-order valence-electron chi connectivity index (χ2n) is 9.83. The van der Waals surface area contributed by atoms with Crippen molar-refractivity contribution in [3.05, 3.63) is 102 Å². The van der Waals surface area contributed by atoms with Crippen LogP contribution >= 0.6 is 24.8 Å². The molecule has 3 aromatic rings. The Morgan fingerprint density at radius 3 is 2.05 bits per heavy atom. The highest BCUT2D eigenvalue weighted by molar-refractivity contribution is 5.85. The van der Waals surface area contributed by atoms with E-state index in [2.05, 4.69) is 33.4 Å². The van der Waals surface area contributed by atoms with Crippen LogP contribution in [0.4, 0.5) is 4.79 Å². The van der Waals surface area contributed by atoms with Crippen molar-refractivity contribution in [2.75, 3.05) is 26.7 Å². The first kappa shape index (κ1) is 36.7. The number of carbonyl (C=O) groups excluding carboxylic acids is 2. The molecule has 0 spiro atoms. The maximum Gasteiger partial charge on any atom is 0.314 e. The van der Waals surface area contributed by atoms with E-state index >= 15 is 0 Å². The lowest BCUT2D eigenvalue weighted by molar-refractivity contribution is -0.123. The van der Waals surface area contributed by atoms with E-state index in [9.17, 15) is 9.59 Å². The van der Waals surface area contributed by atoms with Crippen LogP contribution in [0.5, 0.6) is 5.75 Å². The van der Waals surface area contributed by atoms with Gasteiger partial charge in [0.1, 0.15) is 5.75 Å². The molecular weight excluding hydrogens is 573 g/mol. The first-order valence-corrected chi connectivity index (χ1v) is 14.0. The zero-order valence-electron chi connectivity index (χ0n) is 24.2. The fraction of sp³-hybridized carbons (Fsp3) is 0.375. The normalized spacial score (nSPS) is 11.7. The molecule has 0 radical (unpaired) electrons. The van der Waals surface area contributed by atoms with Crippen LogP contribution in [0.15, 0.2) is 84.9 Å². The van der Waals surface area contributed by atoms with E-state index in [-0.39, 0.29) is 42.8 Å². The Kier molecular flexibility index (Phi) is 18.7. The summed E-state index contributed by atoms with van der Waals surface area (Å²) in [5.74, 6) is 0.754. The molecule has 0 saturated heterocycles. The Hall–Kier alpha value is -3.30. The molecule has 0 heterocycles. The monoisotopic (exact) mass is 617 g/mol. The van der Waals surface area contributed by atoms with Gasteiger partial charge in [-0.05, 0) is 61.1 Å². The fourth-order valence-corrected chi connectivity index (χ4v) is 4.46. The van der Waals surface area contributed by atoms with Crippen LogP contribution in [0.3, 0.4) is 0 Å². The number of ether oxygens (including phenoxy) is 1. The maximum atomic E-state index is 13.2. The molecule has 0 aromatic heterocycles. The van der Waals surface area contributed by atoms with Gasteiger partial charge in [-0.3, -0.25) is 4.79 Å². The lowest BCUT2D eigenvalue weighted by atomic mass is 10.0. The summed E-state index contributed by atoms with van der Waals surface area (Å²) in [6.45, 7) is 1.94. The molecule has 6 N–H and O–H groups in total. The highest BCUT2D eigenvalue weighted by Gasteiger charge is 2.22. The van der Waals surface area contributed by atoms with Crippen molar-refractivity contribution in [3.8, 4) is 5.75 Å². The topological polar surface area (TPSA) is 118 Å². The summed E-state index contributed by atoms with van der Waals surface area (Å²) in [7, 11) is 1.64. The van der Waals surface area contributed by atoms with E-state index in [1.165, 1.54) is 0 Å². The van der Waals surface area contributed by atoms with Crippen LogP contribution in [-0.2, 0) is 24.2 Å². The number of benzene rings is 3. The van der Waals surface area contributed by atoms with Crippen molar-refractivity contribution >= 4 is 36.8 Å². The minimum absolute atomic E-state index is 0. The van der Waals surface area contributed by atoms with E-state index in [1.807, 2.05) is 72.8 Å². The lowest BCUT2D eigenvalue weighted by Crippen LogP contribution is -2.53. The number of amides is 3. The first-order valence-electron chi connectivity index (χ1n) is 14.0. The molecule has 3 aromatic carbocycles. The zero-order chi connectivity index (χ0) is 28.4. The Labute approximate surface area is 262 Å². The number of hydrogen-bond acceptors (Lipinski definition) is 5. The van der Waals surface area contributed by atoms with Gasteiger partial charge in [-0.1, -0.05) is 79.2 Å². The van der Waals surface area contributed by atoms with Crippen molar-refractivity contribution in [1.29, 1.82) is 0 Å². The van der Waals surface area contributed by atoms with Crippen LogP contribution < -0.4 is 31.7 Å². The van der Waals surface area contributed by atoms with E-state index in [0.717, 1.165) is 35.3 Å². The third-order valence-corrected chi connectivity index (χ3v) is 6.70. The summed E-state index contributed by atoms with van der Waals surface area (Å²) < 4.78 is 5.20. The van der Waals surface area contributed by atoms with Gasteiger partial charge in [0.05, 0.1) is 13.2 Å². The summed E-state index contributed by atoms with van der Waals surface area (Å²) in [6.07, 6.45) is 3.74. The smallest absolute Gasteiger partial charge is 0.314 e. The molecule has 3 rings (SSSR count). The second kappa shape index (κ2) is 21.4. The fourth-order valence-electron chi connectivity index (χ4n) is 4.46. The molecule has 0 aliphatic rings. The summed E-state index contributed by atoms with van der Waals surface area (Å²) >= 11 is 0. The van der Waals surface area contributed by atoms with Crippen molar-refractivity contribution in [2.45, 2.75) is 50.7 Å². The van der Waals surface area contributed by atoms with E-state index < -0.39 is 6.04 Å². The van der Waals surface area contributed by atoms with Crippen LogP contribution in [-0.4, -0.2) is 50.8 Å². The van der Waals surface area contributed by atoms with Crippen LogP contribution in [0.25, 0.3) is 0 Å². The van der Waals surface area contributed by atoms with Crippen LogP contribution in [0.1, 0.15) is 36.0 Å². The summed E-state index contributed by atoms with van der Waals surface area (Å²) in [5.41, 5.74) is 9.01. The number of carbonyl (C=O) groups is 2. The summed E-state index contributed by atoms with van der Waals surface area (Å²) in [4.78, 5) is 25.9. The molecule has 0 bridgehead atoms. The summed E-state index contributed by atoms with van der Waals surface area (Å²) in [6, 6.07) is 27.0. The number of nitrogens with one attached hydrogen (secondary N) is 4. The molecule has 230 valence electrons. The van der Waals surface area contributed by atoms with Crippen molar-refractivity contribution in [2.24, 2.45) is 5.73 Å². The molecular formula is C32H45Cl2N5O3. The van der Waals surface area contributed by atoms with Gasteiger partial charge in [0.25, 0.3) is 0 Å². The van der Waals surface area contributed by atoms with Gasteiger partial charge >= 0.3 is 6.03 Å². The predicted octanol–water partition coefficient (Wildman–Crippen LogP) is 4.40. The molecule has 2 atom stereocenters. The number of methoxy groups -OCH3 is 1. The quantitative estimate of drug-likeness (QED) is 0.144. The Bertz CT molecular complexity index is 1140. The Balaban J connectivity index is 0.00000441. The van der Waals surface area contributed by atoms with Crippen LogP contribution in [0.2, 0.25) is 0 Å². The minimum atomic E-state index is -0.399. The first-order chi connectivity index (χ1) is 19.6. The maximum absolute atomic E-state index is 13.2. The molecule has 10 heteroatoms. The van der Waals surface area contributed by atoms with E-state index in [4.69, 9.17) is 10.5 Å². The second-order valence-corrected chi connectivity index (χ2v) is 9.83. The lowest BCUT2D eigenvalue weighted by Gasteiger charge is -2.26. The van der Waals surface area contributed by atoms with Gasteiger partial charge in [0.2, 0.25) is 5.91 Å². The summed E-state index contributed by atoms with van der Waals surface area (Å²) in [5, 5.41) is 12.5. The molecule has 0 aliphatic heterocycles. The number of unbranched alkanes of at least 4 members (excludes halogenated alkanes) is 1. The molecule has 3 amide bonds. The third-order valence-electron chi connectivity index (χ3n) is 6.70. The van der Waals surface area contributed by atoms with Gasteiger partial charge in [-0.2, -0.15) is 0 Å². The predicted molar refractivity (Wildman–Crippen MR) is 175 cm³/mol. The van der Waals surface area contributed by atoms with Gasteiger partial charge in [-0.15, -0.1) is 24.8 Å². The standard InChI is InChI=1S/C32H43N5O3.2ClH/c1-40-29-17-15-25(16-18-29)19-21-34-32(39)36-24-28(22-26-10-4-2-5-11-26)37-30(14-8-9-20-33)31(38)35-23-27-12-6-3-7-13-27;;/h2-7,10-13,15-18,28,30,37H,8-9,14,19-24,33H2,1H3,(H,35,38)(H2,34,36,39);2*1H/t28-,30-;;/m0../s1. The minimum Gasteiger partial charge on any atom is -0.497 e. The highest BCUT2D eigenvalue weighted by Crippen LogP contribution is 2.11. The number of halogens is 2. The molecule has 0 aliphatic carbocycles. The Morgan fingerprint density at radius 2 is 1.43 bits per heavy atom. The average molecular weight is 619 g/mol. The number of hydrogen-bond donors (Lipinski definition) is 5. The zero-order valence-corrected chi connectivity index (χ0v) is 25.9. The molecule has 42 heavy (non-hydrogen) atoms. The third kappa shape index (κ3) is 14.0. The number of nitrogens with two attached hydrogens (primary N) is 1. The van der Waals surface area contributed by atoms with E-state index in [1.54, 1.807) is 7.11 Å². The van der Waals surface area contributed by atoms with Crippen molar-refractivity contribution < 1.29 is 14.3 Å². The number of urea groups is 1. The molecule has 0 unspecified atom stereocenters. The number of rotatable bonds is 17. The van der Waals surface area contributed by atoms with Gasteiger partial charge in [0, 0.05) is 25.7 Å². The SMILES string of the molecule is COc1ccc(CCNC(=O)NC[C@H](Cc2ccccc2)N[C@@H](CCCCN)C(=O)NCc2ccccc2)cc1.Cl.Cl. The largest absolute Gasteiger partial charge is 0.497 e. The van der Waals surface area contributed by atoms with Gasteiger partial charge in [0.15, 0.2) is 0 Å². The Morgan fingerprint density at radius 1 is 0.786 bits per heavy atom. The highest BCUT2D eigenvalue weighted by atomic mass is 35.5. The van der Waals surface area contributed by atoms with Crippen molar-refractivity contribution in [3.63, 3.8) is 0 Å². The van der Waals surface area contributed by atoms with E-state index in [0.29, 0.717) is 45.4 Å².